The minimum Gasteiger partial charge on any atom is -0.488 e. The van der Waals surface area contributed by atoms with Crippen LogP contribution in [0.5, 0.6) is 5.75 Å². The van der Waals surface area contributed by atoms with Gasteiger partial charge in [0.05, 0.1) is 0 Å². The molecule has 2 aromatic rings. The number of rotatable bonds is 4. The van der Waals surface area contributed by atoms with E-state index in [1.54, 1.807) is 6.20 Å². The molecule has 3 heterocycles. The van der Waals surface area contributed by atoms with Crippen LogP contribution in [0.25, 0.3) is 0 Å². The van der Waals surface area contributed by atoms with Gasteiger partial charge in [-0.05, 0) is 62.4 Å². The molecule has 2 saturated heterocycles. The molecular weight excluding hydrogens is 338 g/mol. The molecule has 1 N–H and O–H groups in total. The lowest BCUT2D eigenvalue weighted by Gasteiger charge is -2.25. The van der Waals surface area contributed by atoms with Crippen LogP contribution in [0.15, 0.2) is 36.7 Å². The van der Waals surface area contributed by atoms with Crippen LogP contribution >= 0.6 is 0 Å². The molecule has 2 aliphatic rings. The normalized spacial score (nSPS) is 21.8. The lowest BCUT2D eigenvalue weighted by atomic mass is 10.0. The second-order valence-electron chi connectivity index (χ2n) is 7.77. The Kier molecular flexibility index (Phi) is 5.12. The number of hydrogen-bond donors (Lipinski definition) is 1. The van der Waals surface area contributed by atoms with Gasteiger partial charge in [0.1, 0.15) is 12.4 Å². The Morgan fingerprint density at radius 3 is 2.74 bits per heavy atom. The number of amides is 1. The van der Waals surface area contributed by atoms with Crippen LogP contribution in [0.3, 0.4) is 0 Å². The third-order valence-corrected chi connectivity index (χ3v) is 5.62. The maximum Gasteiger partial charge on any atom is 0.253 e. The summed E-state index contributed by atoms with van der Waals surface area (Å²) >= 11 is 0. The van der Waals surface area contributed by atoms with Crippen molar-refractivity contribution < 1.29 is 9.53 Å². The number of aromatic nitrogens is 1. The fraction of sp³-hybridized carbons (Fsp3) is 0.455. The van der Waals surface area contributed by atoms with Gasteiger partial charge in [-0.2, -0.15) is 0 Å². The van der Waals surface area contributed by atoms with Crippen molar-refractivity contribution in [1.29, 1.82) is 0 Å². The van der Waals surface area contributed by atoms with Crippen LogP contribution in [-0.2, 0) is 6.61 Å². The van der Waals surface area contributed by atoms with Crippen LogP contribution in [0.1, 0.15) is 46.3 Å². The maximum atomic E-state index is 13.1. The molecular formula is C22H27N3O2. The van der Waals surface area contributed by atoms with Crippen LogP contribution in [0.2, 0.25) is 0 Å². The van der Waals surface area contributed by atoms with E-state index in [-0.39, 0.29) is 5.91 Å². The molecule has 27 heavy (non-hydrogen) atoms. The van der Waals surface area contributed by atoms with Crippen molar-refractivity contribution in [3.8, 4) is 5.75 Å². The summed E-state index contributed by atoms with van der Waals surface area (Å²) in [6.45, 7) is 6.14. The summed E-state index contributed by atoms with van der Waals surface area (Å²) in [6.07, 6.45) is 7.03. The molecule has 5 heteroatoms. The minimum absolute atomic E-state index is 0.134. The summed E-state index contributed by atoms with van der Waals surface area (Å²) in [4.78, 5) is 19.2. The maximum absolute atomic E-state index is 13.1. The lowest BCUT2D eigenvalue weighted by molar-refractivity contribution is 0.0748. The van der Waals surface area contributed by atoms with Crippen molar-refractivity contribution in [3.63, 3.8) is 0 Å². The highest BCUT2D eigenvalue weighted by molar-refractivity contribution is 5.95. The first-order valence-corrected chi connectivity index (χ1v) is 9.78. The number of pyridine rings is 1. The summed E-state index contributed by atoms with van der Waals surface area (Å²) in [5.41, 5.74) is 3.79. The smallest absolute Gasteiger partial charge is 0.253 e. The van der Waals surface area contributed by atoms with E-state index in [2.05, 4.69) is 10.3 Å². The Bertz CT molecular complexity index is 799. The number of hydrogen-bond acceptors (Lipinski definition) is 4. The van der Waals surface area contributed by atoms with Crippen LogP contribution in [0, 0.1) is 13.8 Å². The van der Waals surface area contributed by atoms with E-state index >= 15 is 0 Å². The summed E-state index contributed by atoms with van der Waals surface area (Å²) in [7, 11) is 0. The monoisotopic (exact) mass is 365 g/mol. The van der Waals surface area contributed by atoms with E-state index in [1.807, 2.05) is 49.2 Å². The van der Waals surface area contributed by atoms with E-state index in [1.165, 1.54) is 12.8 Å². The summed E-state index contributed by atoms with van der Waals surface area (Å²) in [5, 5.41) is 3.63. The number of ether oxygens (including phenoxy) is 1. The Labute approximate surface area is 160 Å². The second-order valence-corrected chi connectivity index (χ2v) is 7.77. The SMILES string of the molecule is Cc1cc(C(=O)N2CCC3CCC(C2)N3)cc(C)c1OCc1cccnc1. The minimum atomic E-state index is 0.134. The molecule has 2 fully saturated rings. The second kappa shape index (κ2) is 7.69. The molecule has 1 amide bonds. The first-order valence-electron chi connectivity index (χ1n) is 9.78. The molecule has 2 bridgehead atoms. The predicted octanol–water partition coefficient (Wildman–Crippen LogP) is 3.24. The van der Waals surface area contributed by atoms with E-state index in [4.69, 9.17) is 4.74 Å². The van der Waals surface area contributed by atoms with Crippen molar-refractivity contribution in [2.75, 3.05) is 13.1 Å². The Morgan fingerprint density at radius 1 is 1.22 bits per heavy atom. The van der Waals surface area contributed by atoms with Crippen molar-refractivity contribution in [2.45, 2.75) is 51.8 Å². The molecule has 2 aliphatic heterocycles. The number of carbonyl (C=O) groups excluding carboxylic acids is 1. The molecule has 5 nitrogen and oxygen atoms in total. The number of fused-ring (bicyclic) bond motifs is 2. The van der Waals surface area contributed by atoms with Crippen LogP contribution in [0.4, 0.5) is 0 Å². The highest BCUT2D eigenvalue weighted by atomic mass is 16.5. The predicted molar refractivity (Wildman–Crippen MR) is 105 cm³/mol. The van der Waals surface area contributed by atoms with Gasteiger partial charge in [-0.25, -0.2) is 0 Å². The number of nitrogens with zero attached hydrogens (tertiary/aromatic N) is 2. The van der Waals surface area contributed by atoms with E-state index in [0.29, 0.717) is 18.7 Å². The zero-order valence-corrected chi connectivity index (χ0v) is 16.1. The largest absolute Gasteiger partial charge is 0.488 e. The number of benzene rings is 1. The van der Waals surface area contributed by atoms with Gasteiger partial charge in [-0.3, -0.25) is 9.78 Å². The van der Waals surface area contributed by atoms with Gasteiger partial charge < -0.3 is 15.0 Å². The zero-order chi connectivity index (χ0) is 18.8. The number of aryl methyl sites for hydroxylation is 2. The first-order chi connectivity index (χ1) is 13.1. The van der Waals surface area contributed by atoms with Gasteiger partial charge >= 0.3 is 0 Å². The first kappa shape index (κ1) is 18.0. The van der Waals surface area contributed by atoms with Crippen molar-refractivity contribution in [3.05, 3.63) is 58.9 Å². The lowest BCUT2D eigenvalue weighted by Crippen LogP contribution is -2.39. The number of carbonyl (C=O) groups is 1. The quantitative estimate of drug-likeness (QED) is 0.904. The van der Waals surface area contributed by atoms with Gasteiger partial charge in [0.15, 0.2) is 0 Å². The van der Waals surface area contributed by atoms with Crippen LogP contribution in [-0.4, -0.2) is 41.0 Å². The third kappa shape index (κ3) is 3.98. The van der Waals surface area contributed by atoms with Crippen molar-refractivity contribution in [1.82, 2.24) is 15.2 Å². The van der Waals surface area contributed by atoms with E-state index < -0.39 is 0 Å². The molecule has 142 valence electrons. The fourth-order valence-electron chi connectivity index (χ4n) is 4.25. The molecule has 1 aromatic carbocycles. The Balaban J connectivity index is 1.48. The molecule has 4 rings (SSSR count). The molecule has 0 spiro atoms. The highest BCUT2D eigenvalue weighted by Crippen LogP contribution is 2.27. The molecule has 0 aliphatic carbocycles. The summed E-state index contributed by atoms with van der Waals surface area (Å²) in [6, 6.07) is 8.86. The molecule has 2 unspecified atom stereocenters. The summed E-state index contributed by atoms with van der Waals surface area (Å²) in [5.74, 6) is 0.987. The van der Waals surface area contributed by atoms with Gasteiger partial charge in [0.25, 0.3) is 5.91 Å². The fourth-order valence-corrected chi connectivity index (χ4v) is 4.25. The molecule has 1 aromatic heterocycles. The van der Waals surface area contributed by atoms with Gasteiger partial charge in [-0.1, -0.05) is 6.07 Å². The topological polar surface area (TPSA) is 54.5 Å². The standard InChI is InChI=1S/C22H27N3O2/c1-15-10-18(22(26)25-9-7-19-5-6-20(13-25)24-19)11-16(2)21(15)27-14-17-4-3-8-23-12-17/h3-4,8,10-12,19-20,24H,5-7,9,13-14H2,1-2H3. The Morgan fingerprint density at radius 2 is 2.00 bits per heavy atom. The zero-order valence-electron chi connectivity index (χ0n) is 16.1. The van der Waals surface area contributed by atoms with Crippen molar-refractivity contribution >= 4 is 5.91 Å². The number of likely N-dealkylation sites (tertiary alicyclic amines) is 1. The van der Waals surface area contributed by atoms with Gasteiger partial charge in [0.2, 0.25) is 0 Å². The van der Waals surface area contributed by atoms with E-state index in [0.717, 1.165) is 47.5 Å². The van der Waals surface area contributed by atoms with Crippen molar-refractivity contribution in [2.24, 2.45) is 0 Å². The van der Waals surface area contributed by atoms with Gasteiger partial charge in [0, 0.05) is 48.7 Å². The number of nitrogens with one attached hydrogen (secondary N) is 1. The summed E-state index contributed by atoms with van der Waals surface area (Å²) < 4.78 is 6.02. The van der Waals surface area contributed by atoms with Gasteiger partial charge in [-0.15, -0.1) is 0 Å². The molecule has 0 radical (unpaired) electrons. The Hall–Kier alpha value is -2.40. The highest BCUT2D eigenvalue weighted by Gasteiger charge is 2.31. The third-order valence-electron chi connectivity index (χ3n) is 5.62. The van der Waals surface area contributed by atoms with E-state index in [9.17, 15) is 4.79 Å². The molecule has 2 atom stereocenters. The van der Waals surface area contributed by atoms with Crippen LogP contribution < -0.4 is 10.1 Å². The molecule has 0 saturated carbocycles. The average molecular weight is 365 g/mol. The average Bonchev–Trinajstić information content (AvgIpc) is 3.00.